The quantitative estimate of drug-likeness (QED) is 0.714. The van der Waals surface area contributed by atoms with E-state index in [0.29, 0.717) is 10.9 Å². The van der Waals surface area contributed by atoms with Crippen LogP contribution in [0.25, 0.3) is 10.9 Å². The van der Waals surface area contributed by atoms with E-state index < -0.39 is 25.3 Å². The van der Waals surface area contributed by atoms with E-state index in [4.69, 9.17) is 9.60 Å². The molecule has 14 heavy (non-hydrogen) atoms. The van der Waals surface area contributed by atoms with Crippen LogP contribution in [0.1, 0.15) is 27.4 Å². The maximum Gasteiger partial charge on any atom is 0.0456 e. The van der Waals surface area contributed by atoms with Crippen molar-refractivity contribution in [2.75, 3.05) is 13.0 Å². The van der Waals surface area contributed by atoms with Crippen molar-refractivity contribution < 1.29 is 9.60 Å². The van der Waals surface area contributed by atoms with E-state index in [-0.39, 0.29) is 5.56 Å². The molecule has 1 aromatic carbocycles. The van der Waals surface area contributed by atoms with E-state index in [9.17, 15) is 0 Å². The molecular weight excluding hydrogens is 172 g/mol. The summed E-state index contributed by atoms with van der Waals surface area (Å²) in [5.41, 5.74) is 0.750. The highest BCUT2D eigenvalue weighted by molar-refractivity contribution is 5.83. The number of benzene rings is 1. The Hall–Kier alpha value is -1.28. The highest BCUT2D eigenvalue weighted by atomic mass is 14.9. The van der Waals surface area contributed by atoms with Crippen LogP contribution in [0.4, 0.5) is 0 Å². The first-order valence-corrected chi connectivity index (χ1v) is 4.40. The van der Waals surface area contributed by atoms with Crippen LogP contribution >= 0.6 is 0 Å². The second-order valence-electron chi connectivity index (χ2n) is 3.12. The van der Waals surface area contributed by atoms with E-state index in [1.807, 2.05) is 5.32 Å². The van der Waals surface area contributed by atoms with Crippen molar-refractivity contribution >= 4 is 10.9 Å². The summed E-state index contributed by atoms with van der Waals surface area (Å²) in [5, 5.41) is 2.51. The normalized spacial score (nSPS) is 45.3. The average Bonchev–Trinajstić information content (AvgIpc) is 2.82. The van der Waals surface area contributed by atoms with E-state index in [0.717, 1.165) is 0 Å². The van der Waals surface area contributed by atoms with Crippen molar-refractivity contribution in [1.29, 1.82) is 0 Å². The molecule has 2 heterocycles. The summed E-state index contributed by atoms with van der Waals surface area (Å²) in [6, 6.07) is 6.89. The van der Waals surface area contributed by atoms with Gasteiger partial charge in [0.1, 0.15) is 0 Å². The van der Waals surface area contributed by atoms with Crippen LogP contribution in [0.2, 0.25) is 0 Å². The Morgan fingerprint density at radius 2 is 2.36 bits per heavy atom. The fraction of sp³-hybridized carbons (Fsp3) is 0.333. The van der Waals surface area contributed by atoms with Gasteiger partial charge < -0.3 is 10.3 Å². The number of aromatic amines is 1. The summed E-state index contributed by atoms with van der Waals surface area (Å²) in [5.74, 6) is -2.43. The summed E-state index contributed by atoms with van der Waals surface area (Å²) >= 11 is 0. The molecule has 1 aromatic heterocycles. The topological polar surface area (TPSA) is 27.8 Å². The van der Waals surface area contributed by atoms with Gasteiger partial charge in [-0.25, -0.2) is 0 Å². The molecule has 3 rings (SSSR count). The molecule has 1 atom stereocenters. The first-order chi connectivity index (χ1) is 9.55. The van der Waals surface area contributed by atoms with Crippen molar-refractivity contribution in [1.82, 2.24) is 10.3 Å². The Labute approximate surface area is 93.2 Å². The highest BCUT2D eigenvalue weighted by Gasteiger charge is 2.19. The van der Waals surface area contributed by atoms with Gasteiger partial charge in [-0.2, -0.15) is 0 Å². The molecule has 2 N–H and O–H groups in total. The van der Waals surface area contributed by atoms with Crippen LogP contribution in [0.3, 0.4) is 0 Å². The van der Waals surface area contributed by atoms with E-state index in [1.54, 1.807) is 24.3 Å². The van der Waals surface area contributed by atoms with Crippen molar-refractivity contribution in [2.45, 2.75) is 12.3 Å². The second-order valence-corrected chi connectivity index (χ2v) is 3.12. The number of H-pyrrole nitrogens is 1. The average molecular weight is 193 g/mol. The molecule has 0 bridgehead atoms. The maximum absolute atomic E-state index is 8.51. The van der Waals surface area contributed by atoms with E-state index in [1.165, 1.54) is 6.20 Å². The molecule has 1 fully saturated rings. The van der Waals surface area contributed by atoms with Crippen molar-refractivity contribution in [3.8, 4) is 0 Å². The van der Waals surface area contributed by atoms with Crippen LogP contribution in [-0.2, 0) is 0 Å². The third-order valence-electron chi connectivity index (χ3n) is 2.30. The number of fused-ring (bicyclic) bond motifs is 1. The maximum atomic E-state index is 8.51. The Bertz CT molecular complexity index is 708. The zero-order valence-corrected chi connectivity index (χ0v) is 7.39. The van der Waals surface area contributed by atoms with Crippen LogP contribution < -0.4 is 5.32 Å². The molecule has 0 amide bonds. The summed E-state index contributed by atoms with van der Waals surface area (Å²) in [7, 11) is 0. The molecule has 0 radical (unpaired) electrons. The first kappa shape index (κ1) is 3.70. The van der Waals surface area contributed by atoms with Gasteiger partial charge in [-0.3, -0.25) is 0 Å². The van der Waals surface area contributed by atoms with Gasteiger partial charge in [0.2, 0.25) is 0 Å². The number of hydrogen-bond acceptors (Lipinski definition) is 1. The SMILES string of the molecule is [2H]C1([2H])NC([2H])([2H])[C@]([2H])(c2c[nH]c3ccccc23)C1([2H])[2H]. The Balaban J connectivity index is 2.33. The van der Waals surface area contributed by atoms with Gasteiger partial charge in [-0.1, -0.05) is 18.2 Å². The molecular formula is C12H14N2. The van der Waals surface area contributed by atoms with Gasteiger partial charge >= 0.3 is 0 Å². The number of para-hydroxylation sites is 1. The number of hydrogen-bond donors (Lipinski definition) is 2. The van der Waals surface area contributed by atoms with Crippen LogP contribution in [0, 0.1) is 0 Å². The van der Waals surface area contributed by atoms with Gasteiger partial charge in [0.15, 0.2) is 0 Å². The summed E-state index contributed by atoms with van der Waals surface area (Å²) in [6.07, 6.45) is -1.37. The molecule has 0 spiro atoms. The monoisotopic (exact) mass is 193 g/mol. The summed E-state index contributed by atoms with van der Waals surface area (Å²) in [4.78, 5) is 2.89. The van der Waals surface area contributed by atoms with Crippen LogP contribution in [0.5, 0.6) is 0 Å². The van der Waals surface area contributed by atoms with Gasteiger partial charge in [0.25, 0.3) is 0 Å². The van der Waals surface area contributed by atoms with Gasteiger partial charge in [-0.05, 0) is 30.4 Å². The first-order valence-electron chi connectivity index (χ1n) is 7.90. The zero-order chi connectivity index (χ0) is 15.7. The van der Waals surface area contributed by atoms with Crippen LogP contribution in [-0.4, -0.2) is 18.0 Å². The predicted molar refractivity (Wildman–Crippen MR) is 58.5 cm³/mol. The third kappa shape index (κ3) is 1.15. The van der Waals surface area contributed by atoms with Gasteiger partial charge in [0.05, 0.1) is 0 Å². The second kappa shape index (κ2) is 3.14. The molecule has 0 unspecified atom stereocenters. The van der Waals surface area contributed by atoms with Crippen LogP contribution in [0.15, 0.2) is 30.5 Å². The Kier molecular flexibility index (Phi) is 0.830. The fourth-order valence-electron chi connectivity index (χ4n) is 1.63. The minimum Gasteiger partial charge on any atom is -0.361 e. The summed E-state index contributed by atoms with van der Waals surface area (Å²) in [6.45, 7) is -5.22. The number of aromatic nitrogens is 1. The lowest BCUT2D eigenvalue weighted by molar-refractivity contribution is 0.769. The Morgan fingerprint density at radius 1 is 1.43 bits per heavy atom. The van der Waals surface area contributed by atoms with Crippen molar-refractivity contribution in [2.24, 2.45) is 0 Å². The minimum atomic E-state index is -2.76. The minimum absolute atomic E-state index is 0.0991. The molecule has 1 aliphatic heterocycles. The van der Waals surface area contributed by atoms with E-state index >= 15 is 0 Å². The number of rotatable bonds is 1. The molecule has 2 heteroatoms. The molecule has 0 saturated carbocycles. The molecule has 1 aliphatic rings. The lowest BCUT2D eigenvalue weighted by Gasteiger charge is -2.05. The summed E-state index contributed by atoms with van der Waals surface area (Å²) < 4.78 is 56.0. The highest BCUT2D eigenvalue weighted by Crippen LogP contribution is 2.28. The standard InChI is InChI=1S/C12H14N2/c1-2-4-12-10(3-1)11(8-14-12)9-5-6-13-7-9/h1-4,8-9,13-14H,5-7H2/t9-/m1/s1/i5D2,6D2,7D2,9D. The lowest BCUT2D eigenvalue weighted by Crippen LogP contribution is -2.07. The molecule has 2 aromatic rings. The predicted octanol–water partition coefficient (Wildman–Crippen LogP) is 2.24. The van der Waals surface area contributed by atoms with E-state index in [2.05, 4.69) is 4.98 Å². The molecule has 2 nitrogen and oxygen atoms in total. The van der Waals surface area contributed by atoms with Gasteiger partial charge in [-0.15, -0.1) is 0 Å². The lowest BCUT2D eigenvalue weighted by atomic mass is 9.98. The molecule has 72 valence electrons. The largest absolute Gasteiger partial charge is 0.361 e. The zero-order valence-electron chi connectivity index (χ0n) is 14.4. The number of nitrogens with one attached hydrogen (secondary N) is 2. The molecule has 1 saturated heterocycles. The molecule has 0 aliphatic carbocycles. The van der Waals surface area contributed by atoms with Gasteiger partial charge in [0, 0.05) is 33.2 Å². The Morgan fingerprint density at radius 3 is 3.21 bits per heavy atom. The third-order valence-corrected chi connectivity index (χ3v) is 2.30. The fourth-order valence-corrected chi connectivity index (χ4v) is 1.63. The van der Waals surface area contributed by atoms with Crippen molar-refractivity contribution in [3.05, 3.63) is 36.0 Å². The van der Waals surface area contributed by atoms with Crippen molar-refractivity contribution in [3.63, 3.8) is 0 Å². The smallest absolute Gasteiger partial charge is 0.0456 e.